The highest BCUT2D eigenvalue weighted by molar-refractivity contribution is 7.80. The number of carbonyl (C=O) groups is 1. The Labute approximate surface area is 100 Å². The summed E-state index contributed by atoms with van der Waals surface area (Å²) in [7, 11) is 0. The molecule has 1 aromatic carbocycles. The second kappa shape index (κ2) is 5.37. The van der Waals surface area contributed by atoms with Gasteiger partial charge in [0.2, 0.25) is 0 Å². The van der Waals surface area contributed by atoms with Gasteiger partial charge in [-0.05, 0) is 17.7 Å². The molecule has 4 heteroatoms. The van der Waals surface area contributed by atoms with Crippen LogP contribution in [-0.2, 0) is 20.7 Å². The summed E-state index contributed by atoms with van der Waals surface area (Å²) < 4.78 is 10.4. The third kappa shape index (κ3) is 3.25. The van der Waals surface area contributed by atoms with Gasteiger partial charge in [0.15, 0.2) is 0 Å². The van der Waals surface area contributed by atoms with Crippen molar-refractivity contribution in [1.82, 2.24) is 0 Å². The van der Waals surface area contributed by atoms with Crippen LogP contribution in [0.3, 0.4) is 0 Å². The zero-order chi connectivity index (χ0) is 11.4. The van der Waals surface area contributed by atoms with Gasteiger partial charge in [0.1, 0.15) is 6.10 Å². The molecule has 1 fully saturated rings. The molecule has 3 nitrogen and oxygen atoms in total. The number of carbonyl (C=O) groups excluding carboxylic acids is 1. The Morgan fingerprint density at radius 2 is 2.19 bits per heavy atom. The van der Waals surface area contributed by atoms with Crippen LogP contribution >= 0.6 is 12.6 Å². The second-order valence-electron chi connectivity index (χ2n) is 3.82. The minimum absolute atomic E-state index is 0.0587. The van der Waals surface area contributed by atoms with E-state index in [0.717, 1.165) is 16.9 Å². The number of ether oxygens (including phenoxy) is 2. The van der Waals surface area contributed by atoms with Gasteiger partial charge in [-0.15, -0.1) is 12.6 Å². The van der Waals surface area contributed by atoms with Crippen molar-refractivity contribution < 1.29 is 14.3 Å². The topological polar surface area (TPSA) is 35.5 Å². The van der Waals surface area contributed by atoms with Crippen LogP contribution in [0.15, 0.2) is 29.2 Å². The normalized spacial score (nSPS) is 19.7. The fraction of sp³-hybridized carbons (Fsp3) is 0.417. The van der Waals surface area contributed by atoms with Gasteiger partial charge >= 0.3 is 5.97 Å². The smallest absolute Gasteiger partial charge is 0.310 e. The highest BCUT2D eigenvalue weighted by atomic mass is 32.1. The van der Waals surface area contributed by atoms with E-state index >= 15 is 0 Å². The molecule has 86 valence electrons. The molecule has 0 bridgehead atoms. The van der Waals surface area contributed by atoms with E-state index in [9.17, 15) is 4.79 Å². The molecule has 2 rings (SSSR count). The standard InChI is InChI=1S/C12H14O3S/c13-12(15-10-5-6-14-8-10)7-9-1-3-11(16)4-2-9/h1-4,10,16H,5-8H2. The van der Waals surface area contributed by atoms with Crippen molar-refractivity contribution in [2.45, 2.75) is 23.8 Å². The molecule has 16 heavy (non-hydrogen) atoms. The molecule has 1 aliphatic rings. The van der Waals surface area contributed by atoms with Gasteiger partial charge in [-0.25, -0.2) is 0 Å². The second-order valence-corrected chi connectivity index (χ2v) is 4.34. The third-order valence-electron chi connectivity index (χ3n) is 2.47. The first-order chi connectivity index (χ1) is 7.74. The Bertz CT molecular complexity index is 355. The van der Waals surface area contributed by atoms with Crippen LogP contribution in [0.25, 0.3) is 0 Å². The van der Waals surface area contributed by atoms with Gasteiger partial charge in [0.25, 0.3) is 0 Å². The molecule has 0 saturated carbocycles. The number of esters is 1. The Morgan fingerprint density at radius 1 is 1.44 bits per heavy atom. The molecule has 1 heterocycles. The van der Waals surface area contributed by atoms with Crippen molar-refractivity contribution in [1.29, 1.82) is 0 Å². The van der Waals surface area contributed by atoms with Gasteiger partial charge < -0.3 is 9.47 Å². The van der Waals surface area contributed by atoms with Gasteiger partial charge in [0, 0.05) is 11.3 Å². The van der Waals surface area contributed by atoms with Crippen molar-refractivity contribution >= 4 is 18.6 Å². The molecule has 0 spiro atoms. The maximum absolute atomic E-state index is 11.6. The number of hydrogen-bond donors (Lipinski definition) is 1. The summed E-state index contributed by atoms with van der Waals surface area (Å²) in [5.41, 5.74) is 0.946. The van der Waals surface area contributed by atoms with E-state index < -0.39 is 0 Å². The van der Waals surface area contributed by atoms with E-state index in [0.29, 0.717) is 19.6 Å². The number of benzene rings is 1. The minimum atomic E-state index is -0.192. The summed E-state index contributed by atoms with van der Waals surface area (Å²) in [5.74, 6) is -0.192. The molecule has 1 aromatic rings. The van der Waals surface area contributed by atoms with Crippen LogP contribution in [0.4, 0.5) is 0 Å². The molecular formula is C12H14O3S. The highest BCUT2D eigenvalue weighted by Crippen LogP contribution is 2.12. The van der Waals surface area contributed by atoms with E-state index in [1.807, 2.05) is 24.3 Å². The van der Waals surface area contributed by atoms with Crippen LogP contribution < -0.4 is 0 Å². The Morgan fingerprint density at radius 3 is 2.81 bits per heavy atom. The molecule has 0 radical (unpaired) electrons. The van der Waals surface area contributed by atoms with Gasteiger partial charge in [-0.2, -0.15) is 0 Å². The van der Waals surface area contributed by atoms with Crippen molar-refractivity contribution in [3.63, 3.8) is 0 Å². The fourth-order valence-electron chi connectivity index (χ4n) is 1.61. The monoisotopic (exact) mass is 238 g/mol. The lowest BCUT2D eigenvalue weighted by Gasteiger charge is -2.09. The zero-order valence-electron chi connectivity index (χ0n) is 8.89. The third-order valence-corrected chi connectivity index (χ3v) is 2.77. The van der Waals surface area contributed by atoms with Crippen molar-refractivity contribution in [2.24, 2.45) is 0 Å². The largest absolute Gasteiger partial charge is 0.460 e. The first kappa shape index (κ1) is 11.5. The van der Waals surface area contributed by atoms with Crippen molar-refractivity contribution in [3.8, 4) is 0 Å². The first-order valence-electron chi connectivity index (χ1n) is 5.29. The summed E-state index contributed by atoms with van der Waals surface area (Å²) in [5, 5.41) is 0. The predicted octanol–water partition coefficient (Wildman–Crippen LogP) is 1.85. The number of hydrogen-bond acceptors (Lipinski definition) is 4. The summed E-state index contributed by atoms with van der Waals surface area (Å²) in [4.78, 5) is 12.4. The van der Waals surface area contributed by atoms with E-state index in [-0.39, 0.29) is 12.1 Å². The molecular weight excluding hydrogens is 224 g/mol. The average Bonchev–Trinajstić information content (AvgIpc) is 2.74. The summed E-state index contributed by atoms with van der Waals surface area (Å²) in [6, 6.07) is 7.50. The lowest BCUT2D eigenvalue weighted by atomic mass is 10.1. The highest BCUT2D eigenvalue weighted by Gasteiger charge is 2.19. The Hall–Kier alpha value is -1.00. The quantitative estimate of drug-likeness (QED) is 0.645. The van der Waals surface area contributed by atoms with E-state index in [1.54, 1.807) is 0 Å². The minimum Gasteiger partial charge on any atom is -0.460 e. The van der Waals surface area contributed by atoms with Crippen molar-refractivity contribution in [2.75, 3.05) is 13.2 Å². The van der Waals surface area contributed by atoms with E-state index in [1.165, 1.54) is 0 Å². The van der Waals surface area contributed by atoms with Gasteiger partial charge in [-0.3, -0.25) is 4.79 Å². The summed E-state index contributed by atoms with van der Waals surface area (Å²) in [6.07, 6.45) is 1.06. The first-order valence-corrected chi connectivity index (χ1v) is 5.74. The summed E-state index contributed by atoms with van der Waals surface area (Å²) >= 11 is 4.18. The molecule has 1 saturated heterocycles. The van der Waals surface area contributed by atoms with Gasteiger partial charge in [0.05, 0.1) is 19.6 Å². The zero-order valence-corrected chi connectivity index (χ0v) is 9.78. The van der Waals surface area contributed by atoms with Crippen LogP contribution in [-0.4, -0.2) is 25.3 Å². The number of rotatable bonds is 3. The van der Waals surface area contributed by atoms with E-state index in [4.69, 9.17) is 9.47 Å². The van der Waals surface area contributed by atoms with Crippen LogP contribution in [0, 0.1) is 0 Å². The lowest BCUT2D eigenvalue weighted by molar-refractivity contribution is -0.148. The van der Waals surface area contributed by atoms with Crippen LogP contribution in [0.2, 0.25) is 0 Å². The Kier molecular flexibility index (Phi) is 3.85. The molecule has 0 aromatic heterocycles. The maximum atomic E-state index is 11.6. The predicted molar refractivity (Wildman–Crippen MR) is 62.7 cm³/mol. The van der Waals surface area contributed by atoms with Crippen LogP contribution in [0.1, 0.15) is 12.0 Å². The molecule has 0 amide bonds. The molecule has 1 aliphatic heterocycles. The summed E-state index contributed by atoms with van der Waals surface area (Å²) in [6.45, 7) is 1.22. The molecule has 0 aliphatic carbocycles. The molecule has 1 atom stereocenters. The van der Waals surface area contributed by atoms with Crippen molar-refractivity contribution in [3.05, 3.63) is 29.8 Å². The van der Waals surface area contributed by atoms with Crippen LogP contribution in [0.5, 0.6) is 0 Å². The number of thiol groups is 1. The maximum Gasteiger partial charge on any atom is 0.310 e. The SMILES string of the molecule is O=C(Cc1ccc(S)cc1)OC1CCOC1. The van der Waals surface area contributed by atoms with E-state index in [2.05, 4.69) is 12.6 Å². The average molecular weight is 238 g/mol. The fourth-order valence-corrected chi connectivity index (χ4v) is 1.76. The molecule has 1 unspecified atom stereocenters. The lowest BCUT2D eigenvalue weighted by Crippen LogP contribution is -2.19. The Balaban J connectivity index is 1.84. The van der Waals surface area contributed by atoms with Gasteiger partial charge in [-0.1, -0.05) is 12.1 Å². The molecule has 0 N–H and O–H groups in total.